The summed E-state index contributed by atoms with van der Waals surface area (Å²) in [6, 6.07) is 17.4. The van der Waals surface area contributed by atoms with E-state index in [4.69, 9.17) is 27.9 Å². The number of carbonyl (C=O) groups is 1. The number of anilines is 2. The summed E-state index contributed by atoms with van der Waals surface area (Å²) < 4.78 is 33.1. The van der Waals surface area contributed by atoms with Crippen LogP contribution in [0.2, 0.25) is 10.0 Å². The Labute approximate surface area is 184 Å². The second kappa shape index (κ2) is 9.38. The number of sulfonamides is 1. The van der Waals surface area contributed by atoms with Gasteiger partial charge in [0.15, 0.2) is 6.61 Å². The maximum absolute atomic E-state index is 12.6. The molecule has 6 nitrogen and oxygen atoms in total. The van der Waals surface area contributed by atoms with Crippen molar-refractivity contribution in [1.82, 2.24) is 0 Å². The van der Waals surface area contributed by atoms with Gasteiger partial charge in [0, 0.05) is 15.7 Å². The summed E-state index contributed by atoms with van der Waals surface area (Å²) in [5.41, 5.74) is 1.48. The molecule has 0 heterocycles. The van der Waals surface area contributed by atoms with Crippen molar-refractivity contribution in [3.8, 4) is 5.75 Å². The number of benzene rings is 3. The second-order valence-electron chi connectivity index (χ2n) is 6.33. The first-order valence-corrected chi connectivity index (χ1v) is 11.0. The number of hydrogen-bond acceptors (Lipinski definition) is 4. The second-order valence-corrected chi connectivity index (χ2v) is 8.86. The summed E-state index contributed by atoms with van der Waals surface area (Å²) in [6.07, 6.45) is 0. The van der Waals surface area contributed by atoms with Gasteiger partial charge in [0.25, 0.3) is 15.9 Å². The molecule has 0 radical (unpaired) electrons. The zero-order chi connectivity index (χ0) is 21.7. The van der Waals surface area contributed by atoms with E-state index in [-0.39, 0.29) is 17.4 Å². The normalized spacial score (nSPS) is 11.0. The van der Waals surface area contributed by atoms with E-state index in [0.29, 0.717) is 32.7 Å². The molecular formula is C21H18Cl2N2O4S. The molecule has 0 atom stereocenters. The summed E-state index contributed by atoms with van der Waals surface area (Å²) >= 11 is 11.8. The summed E-state index contributed by atoms with van der Waals surface area (Å²) in [6.45, 7) is 1.53. The molecule has 0 spiro atoms. The molecule has 0 aliphatic carbocycles. The van der Waals surface area contributed by atoms with Gasteiger partial charge in [0.1, 0.15) is 5.75 Å². The summed E-state index contributed by atoms with van der Waals surface area (Å²) in [7, 11) is -3.80. The Morgan fingerprint density at radius 3 is 2.30 bits per heavy atom. The van der Waals surface area contributed by atoms with Crippen molar-refractivity contribution in [3.63, 3.8) is 0 Å². The lowest BCUT2D eigenvalue weighted by Crippen LogP contribution is -2.20. The van der Waals surface area contributed by atoms with Gasteiger partial charge in [-0.2, -0.15) is 0 Å². The molecule has 0 unspecified atom stereocenters. The first kappa shape index (κ1) is 22.0. The highest BCUT2D eigenvalue weighted by Crippen LogP contribution is 2.26. The number of hydrogen-bond donors (Lipinski definition) is 2. The van der Waals surface area contributed by atoms with Gasteiger partial charge in [0.2, 0.25) is 0 Å². The van der Waals surface area contributed by atoms with Crippen molar-refractivity contribution in [2.24, 2.45) is 0 Å². The third-order valence-corrected chi connectivity index (χ3v) is 6.19. The van der Waals surface area contributed by atoms with E-state index in [2.05, 4.69) is 10.0 Å². The zero-order valence-electron chi connectivity index (χ0n) is 15.9. The van der Waals surface area contributed by atoms with Crippen LogP contribution in [0.5, 0.6) is 5.75 Å². The van der Waals surface area contributed by atoms with Crippen molar-refractivity contribution in [1.29, 1.82) is 0 Å². The van der Waals surface area contributed by atoms with Crippen LogP contribution in [0.1, 0.15) is 5.56 Å². The molecule has 1 amide bonds. The van der Waals surface area contributed by atoms with Gasteiger partial charge in [-0.15, -0.1) is 0 Å². The van der Waals surface area contributed by atoms with Crippen molar-refractivity contribution in [2.75, 3.05) is 16.6 Å². The van der Waals surface area contributed by atoms with Crippen LogP contribution in [-0.2, 0) is 14.8 Å². The first-order valence-electron chi connectivity index (χ1n) is 8.81. The van der Waals surface area contributed by atoms with E-state index in [0.717, 1.165) is 0 Å². The molecule has 2 N–H and O–H groups in total. The Morgan fingerprint density at radius 1 is 0.967 bits per heavy atom. The van der Waals surface area contributed by atoms with Crippen molar-refractivity contribution in [2.45, 2.75) is 11.8 Å². The molecule has 0 aromatic heterocycles. The van der Waals surface area contributed by atoms with Crippen LogP contribution < -0.4 is 14.8 Å². The van der Waals surface area contributed by atoms with Crippen LogP contribution in [0.4, 0.5) is 11.4 Å². The molecular weight excluding hydrogens is 447 g/mol. The third-order valence-electron chi connectivity index (χ3n) is 4.14. The van der Waals surface area contributed by atoms with Crippen LogP contribution in [0.3, 0.4) is 0 Å². The van der Waals surface area contributed by atoms with Crippen LogP contribution >= 0.6 is 23.2 Å². The molecule has 3 rings (SSSR count). The number of halogens is 2. The molecule has 0 aliphatic rings. The summed E-state index contributed by atoms with van der Waals surface area (Å²) in [4.78, 5) is 12.1. The van der Waals surface area contributed by atoms with Crippen LogP contribution in [0, 0.1) is 6.92 Å². The van der Waals surface area contributed by atoms with E-state index < -0.39 is 10.0 Å². The predicted octanol–water partition coefficient (Wildman–Crippen LogP) is 5.12. The number of nitrogens with one attached hydrogen (secondary N) is 2. The Kier molecular flexibility index (Phi) is 6.87. The van der Waals surface area contributed by atoms with E-state index in [9.17, 15) is 13.2 Å². The number of rotatable bonds is 7. The summed E-state index contributed by atoms with van der Waals surface area (Å²) in [5, 5.41) is 3.68. The molecule has 0 saturated carbocycles. The minimum absolute atomic E-state index is 0.0530. The van der Waals surface area contributed by atoms with Crippen molar-refractivity contribution >= 4 is 50.5 Å². The number of amides is 1. The molecule has 0 aliphatic heterocycles. The maximum atomic E-state index is 12.6. The van der Waals surface area contributed by atoms with Gasteiger partial charge in [-0.1, -0.05) is 29.3 Å². The van der Waals surface area contributed by atoms with Gasteiger partial charge >= 0.3 is 0 Å². The van der Waals surface area contributed by atoms with E-state index >= 15 is 0 Å². The fraction of sp³-hybridized carbons (Fsp3) is 0.0952. The van der Waals surface area contributed by atoms with Crippen molar-refractivity contribution in [3.05, 3.63) is 82.3 Å². The molecule has 0 bridgehead atoms. The van der Waals surface area contributed by atoms with Crippen LogP contribution in [-0.4, -0.2) is 20.9 Å². The van der Waals surface area contributed by atoms with Crippen LogP contribution in [0.25, 0.3) is 0 Å². The Balaban J connectivity index is 1.61. The van der Waals surface area contributed by atoms with Gasteiger partial charge < -0.3 is 10.1 Å². The largest absolute Gasteiger partial charge is 0.484 e. The zero-order valence-corrected chi connectivity index (χ0v) is 18.2. The van der Waals surface area contributed by atoms with E-state index in [1.807, 2.05) is 0 Å². The average Bonchev–Trinajstić information content (AvgIpc) is 2.71. The van der Waals surface area contributed by atoms with Gasteiger partial charge in [0.05, 0.1) is 10.6 Å². The highest BCUT2D eigenvalue weighted by Gasteiger charge is 2.16. The molecule has 3 aromatic rings. The fourth-order valence-electron chi connectivity index (χ4n) is 2.52. The monoisotopic (exact) mass is 464 g/mol. The predicted molar refractivity (Wildman–Crippen MR) is 119 cm³/mol. The molecule has 0 fully saturated rings. The smallest absolute Gasteiger partial charge is 0.262 e. The van der Waals surface area contributed by atoms with Gasteiger partial charge in [-0.25, -0.2) is 8.42 Å². The quantitative estimate of drug-likeness (QED) is 0.507. The topological polar surface area (TPSA) is 84.5 Å². The highest BCUT2D eigenvalue weighted by atomic mass is 35.5. The molecule has 30 heavy (non-hydrogen) atoms. The minimum Gasteiger partial charge on any atom is -0.484 e. The van der Waals surface area contributed by atoms with Crippen molar-refractivity contribution < 1.29 is 17.9 Å². The molecule has 9 heteroatoms. The average molecular weight is 465 g/mol. The number of ether oxygens (including phenoxy) is 1. The molecule has 0 saturated heterocycles. The maximum Gasteiger partial charge on any atom is 0.262 e. The lowest BCUT2D eigenvalue weighted by Gasteiger charge is -2.12. The van der Waals surface area contributed by atoms with E-state index in [1.54, 1.807) is 49.4 Å². The highest BCUT2D eigenvalue weighted by molar-refractivity contribution is 7.92. The molecule has 156 valence electrons. The Hall–Kier alpha value is -2.74. The van der Waals surface area contributed by atoms with Crippen LogP contribution in [0.15, 0.2) is 71.6 Å². The number of carbonyl (C=O) groups excluding carboxylic acids is 1. The lowest BCUT2D eigenvalue weighted by molar-refractivity contribution is -0.118. The van der Waals surface area contributed by atoms with Gasteiger partial charge in [-0.3, -0.25) is 9.52 Å². The SMILES string of the molecule is Cc1c(Cl)cccc1NS(=O)(=O)c1ccc(NC(=O)COc2ccc(Cl)cc2)cc1. The summed E-state index contributed by atoms with van der Waals surface area (Å²) in [5.74, 6) is 0.131. The Morgan fingerprint density at radius 2 is 1.63 bits per heavy atom. The Bertz CT molecular complexity index is 1150. The minimum atomic E-state index is -3.80. The van der Waals surface area contributed by atoms with Gasteiger partial charge in [-0.05, 0) is 73.2 Å². The first-order chi connectivity index (χ1) is 14.2. The fourth-order valence-corrected chi connectivity index (χ4v) is 3.94. The standard InChI is InChI=1S/C21H18Cl2N2O4S/c1-14-19(23)3-2-4-20(14)25-30(27,28)18-11-7-16(8-12-18)24-21(26)13-29-17-9-5-15(22)6-10-17/h2-12,25H,13H2,1H3,(H,24,26). The lowest BCUT2D eigenvalue weighted by atomic mass is 10.2. The third kappa shape index (κ3) is 5.66. The molecule has 3 aromatic carbocycles. The van der Waals surface area contributed by atoms with E-state index in [1.165, 1.54) is 24.3 Å².